The van der Waals surface area contributed by atoms with Crippen LogP contribution >= 0.6 is 0 Å². The molecule has 7 aromatic heterocycles. The van der Waals surface area contributed by atoms with Gasteiger partial charge in [0, 0.05) is 67.6 Å². The number of nitrogens with zero attached hydrogens (tertiary/aromatic N) is 12. The topological polar surface area (TPSA) is 219 Å². The van der Waals surface area contributed by atoms with E-state index in [1.807, 2.05) is 133 Å². The summed E-state index contributed by atoms with van der Waals surface area (Å²) in [6.07, 6.45) is 24.0. The molecule has 0 saturated heterocycles. The Labute approximate surface area is 421 Å². The minimum atomic E-state index is 0. The lowest BCUT2D eigenvalue weighted by Gasteiger charge is -2.06. The van der Waals surface area contributed by atoms with E-state index in [9.17, 15) is 0 Å². The molecule has 0 aromatic carbocycles. The van der Waals surface area contributed by atoms with Crippen LogP contribution in [0.15, 0.2) is 142 Å². The Bertz CT molecular complexity index is 1750. The molecule has 386 valence electrons. The van der Waals surface area contributed by atoms with Crippen molar-refractivity contribution in [3.05, 3.63) is 142 Å². The minimum absolute atomic E-state index is 0. The molecule has 0 amide bonds. The second kappa shape index (κ2) is 40.2. The number of ether oxygens (including phenoxy) is 7. The van der Waals surface area contributed by atoms with Crippen LogP contribution in [0, 0.1) is 0 Å². The molecule has 0 saturated carbocycles. The monoisotopic (exact) mass is 981 g/mol. The van der Waals surface area contributed by atoms with Crippen molar-refractivity contribution in [2.24, 2.45) is 0 Å². The zero-order chi connectivity index (χ0) is 51.8. The summed E-state index contributed by atoms with van der Waals surface area (Å²) in [4.78, 5) is 38.8. The van der Waals surface area contributed by atoms with E-state index in [-0.39, 0.29) is 50.2 Å². The van der Waals surface area contributed by atoms with Crippen LogP contribution in [0.2, 0.25) is 0 Å². The number of hydrogen-bond acceptors (Lipinski definition) is 19. The second-order valence-electron chi connectivity index (χ2n) is 15.8. The minimum Gasteiger partial charge on any atom is -0.489 e. The number of pyridine rings is 2. The third-order valence-corrected chi connectivity index (χ3v) is 6.52. The first-order valence-electron chi connectivity index (χ1n) is 22.8. The molecule has 0 radical (unpaired) electrons. The summed E-state index contributed by atoms with van der Waals surface area (Å²) in [7, 11) is 0. The standard InChI is InChI=1S/2C8H11NO.5C7H10N2O.CH4/c2*1-7(2)10-8-5-3-4-6-9-8;1-6(2)10-7-3-8-5-9-4-7;1-6(2)10-7-5-8-3-4-9-7;1-6(2)10-7-3-4-8-5-9-7;1-6(2)10-7-3-4-8-9-5-7;1-6(2)10-7-8-4-3-5-9-7;/h2*3-7H,1-2H3;5*3-6H,1-2H3;1H4. The van der Waals surface area contributed by atoms with Crippen molar-refractivity contribution in [3.8, 4) is 41.0 Å². The quantitative estimate of drug-likeness (QED) is 0.0989. The van der Waals surface area contributed by atoms with E-state index in [1.54, 1.807) is 92.6 Å². The van der Waals surface area contributed by atoms with Crippen molar-refractivity contribution in [1.29, 1.82) is 0 Å². The Kier molecular flexibility index (Phi) is 35.9. The van der Waals surface area contributed by atoms with Crippen LogP contribution in [0.4, 0.5) is 0 Å². The van der Waals surface area contributed by atoms with E-state index in [0.717, 1.165) is 11.5 Å². The van der Waals surface area contributed by atoms with Gasteiger partial charge in [-0.25, -0.2) is 44.9 Å². The van der Waals surface area contributed by atoms with E-state index < -0.39 is 0 Å². The lowest BCUT2D eigenvalue weighted by molar-refractivity contribution is 0.222. The van der Waals surface area contributed by atoms with Crippen LogP contribution in [-0.2, 0) is 0 Å². The average molecular weight is 981 g/mol. The smallest absolute Gasteiger partial charge is 0.316 e. The number of rotatable bonds is 14. The lowest BCUT2D eigenvalue weighted by Crippen LogP contribution is -2.07. The fourth-order valence-corrected chi connectivity index (χ4v) is 4.29. The average Bonchev–Trinajstić information content (AvgIpc) is 3.31. The van der Waals surface area contributed by atoms with Crippen molar-refractivity contribution >= 4 is 0 Å². The molecule has 0 spiro atoms. The summed E-state index contributed by atoms with van der Waals surface area (Å²) in [6.45, 7) is 27.5. The Morgan fingerprint density at radius 2 is 0.761 bits per heavy atom. The molecule has 71 heavy (non-hydrogen) atoms. The first-order valence-corrected chi connectivity index (χ1v) is 22.8. The van der Waals surface area contributed by atoms with Gasteiger partial charge in [-0.3, -0.25) is 4.98 Å². The second-order valence-corrected chi connectivity index (χ2v) is 15.8. The maximum atomic E-state index is 5.31. The third-order valence-electron chi connectivity index (χ3n) is 6.52. The van der Waals surface area contributed by atoms with E-state index >= 15 is 0 Å². The van der Waals surface area contributed by atoms with Gasteiger partial charge in [-0.05, 0) is 115 Å². The SMILES string of the molecule is C.CC(C)Oc1ccccn1.CC(C)Oc1ccccn1.CC(C)Oc1ccncn1.CC(C)Oc1ccnnc1.CC(C)Oc1cnccn1.CC(C)Oc1cncnc1.CC(C)Oc1ncccn1. The number of hydrogen-bond donors (Lipinski definition) is 0. The van der Waals surface area contributed by atoms with Crippen LogP contribution < -0.4 is 33.2 Å². The van der Waals surface area contributed by atoms with Crippen molar-refractivity contribution in [2.45, 2.75) is 147 Å². The van der Waals surface area contributed by atoms with Gasteiger partial charge in [-0.2, -0.15) is 10.2 Å². The van der Waals surface area contributed by atoms with Crippen LogP contribution in [0.3, 0.4) is 0 Å². The fourth-order valence-electron chi connectivity index (χ4n) is 4.29. The van der Waals surface area contributed by atoms with Gasteiger partial charge >= 0.3 is 6.01 Å². The van der Waals surface area contributed by atoms with Gasteiger partial charge < -0.3 is 33.2 Å². The molecule has 0 aliphatic heterocycles. The molecule has 0 aliphatic rings. The molecular weight excluding hydrogens is 905 g/mol. The van der Waals surface area contributed by atoms with Gasteiger partial charge in [-0.15, -0.1) is 0 Å². The van der Waals surface area contributed by atoms with E-state index in [4.69, 9.17) is 33.2 Å². The van der Waals surface area contributed by atoms with Crippen LogP contribution in [-0.4, -0.2) is 103 Å². The van der Waals surface area contributed by atoms with Crippen LogP contribution in [0.1, 0.15) is 104 Å². The van der Waals surface area contributed by atoms with Crippen LogP contribution in [0.25, 0.3) is 0 Å². The summed E-state index contributed by atoms with van der Waals surface area (Å²) >= 11 is 0. The highest BCUT2D eigenvalue weighted by Crippen LogP contribution is 2.09. The molecule has 19 nitrogen and oxygen atoms in total. The van der Waals surface area contributed by atoms with Gasteiger partial charge in [0.05, 0.1) is 73.7 Å². The normalized spacial score (nSPS) is 9.76. The molecule has 7 heterocycles. The summed E-state index contributed by atoms with van der Waals surface area (Å²) in [5, 5.41) is 7.29. The molecule has 19 heteroatoms. The van der Waals surface area contributed by atoms with Gasteiger partial charge in [0.1, 0.15) is 18.4 Å². The predicted molar refractivity (Wildman–Crippen MR) is 276 cm³/mol. The van der Waals surface area contributed by atoms with Crippen LogP contribution in [0.5, 0.6) is 41.0 Å². The fraction of sp³-hybridized carbons (Fsp3) is 0.423. The molecule has 0 bridgehead atoms. The zero-order valence-electron chi connectivity index (χ0n) is 43.0. The molecule has 0 unspecified atom stereocenters. The lowest BCUT2D eigenvalue weighted by atomic mass is 10.4. The van der Waals surface area contributed by atoms with Gasteiger partial charge in [-0.1, -0.05) is 19.6 Å². The summed E-state index contributed by atoms with van der Waals surface area (Å²) in [5.74, 6) is 4.08. The van der Waals surface area contributed by atoms with Crippen molar-refractivity contribution in [1.82, 2.24) is 60.0 Å². The van der Waals surface area contributed by atoms with Gasteiger partial charge in [0.15, 0.2) is 5.75 Å². The summed E-state index contributed by atoms with van der Waals surface area (Å²) < 4.78 is 36.9. The van der Waals surface area contributed by atoms with Crippen molar-refractivity contribution in [2.75, 3.05) is 0 Å². The first-order chi connectivity index (χ1) is 33.5. The molecule has 0 N–H and O–H groups in total. The molecule has 0 atom stereocenters. The first kappa shape index (κ1) is 63.3. The summed E-state index contributed by atoms with van der Waals surface area (Å²) in [5.41, 5.74) is 0. The molecular formula is C52H76N12O7. The molecule has 0 aliphatic carbocycles. The van der Waals surface area contributed by atoms with Crippen molar-refractivity contribution in [3.63, 3.8) is 0 Å². The highest BCUT2D eigenvalue weighted by Gasteiger charge is 2.00. The maximum Gasteiger partial charge on any atom is 0.316 e. The van der Waals surface area contributed by atoms with Gasteiger partial charge in [0.2, 0.25) is 23.5 Å². The van der Waals surface area contributed by atoms with Crippen molar-refractivity contribution < 1.29 is 33.2 Å². The van der Waals surface area contributed by atoms with E-state index in [0.29, 0.717) is 29.5 Å². The third kappa shape index (κ3) is 38.9. The molecule has 0 fully saturated rings. The Morgan fingerprint density at radius 1 is 0.296 bits per heavy atom. The largest absolute Gasteiger partial charge is 0.489 e. The van der Waals surface area contributed by atoms with Gasteiger partial charge in [0.25, 0.3) is 0 Å². The summed E-state index contributed by atoms with van der Waals surface area (Å²) in [6, 6.07) is 17.0. The zero-order valence-corrected chi connectivity index (χ0v) is 43.0. The van der Waals surface area contributed by atoms with E-state index in [2.05, 4.69) is 60.0 Å². The molecule has 7 aromatic rings. The Balaban J connectivity index is 0.000000803. The predicted octanol–water partition coefficient (Wildman–Crippen LogP) is 10.7. The Hall–Kier alpha value is -7.70. The van der Waals surface area contributed by atoms with E-state index in [1.165, 1.54) is 12.7 Å². The Morgan fingerprint density at radius 3 is 1.17 bits per heavy atom. The molecule has 7 rings (SSSR count). The highest BCUT2D eigenvalue weighted by molar-refractivity contribution is 5.13. The maximum absolute atomic E-state index is 5.31. The number of aromatic nitrogens is 12. The highest BCUT2D eigenvalue weighted by atomic mass is 16.5.